The first kappa shape index (κ1) is 22.9. The van der Waals surface area contributed by atoms with Crippen LogP contribution in [0.4, 0.5) is 0 Å². The number of sulfone groups is 1. The summed E-state index contributed by atoms with van der Waals surface area (Å²) in [6.45, 7) is 3.70. The highest BCUT2D eigenvalue weighted by Crippen LogP contribution is 2.16. The lowest BCUT2D eigenvalue weighted by molar-refractivity contribution is 0.0846. The Kier molecular flexibility index (Phi) is 6.48. The highest BCUT2D eigenvalue weighted by Gasteiger charge is 2.31. The lowest BCUT2D eigenvalue weighted by Crippen LogP contribution is -2.41. The first-order valence-corrected chi connectivity index (χ1v) is 12.8. The molecule has 9 nitrogen and oxygen atoms in total. The number of hydrogen-bond acceptors (Lipinski definition) is 6. The Morgan fingerprint density at radius 2 is 1.61 bits per heavy atom. The molecule has 31 heavy (non-hydrogen) atoms. The molecule has 0 saturated carbocycles. The van der Waals surface area contributed by atoms with Crippen LogP contribution in [0.2, 0.25) is 0 Å². The largest absolute Gasteiger partial charge is 0.269 e. The number of amides is 2. The molecule has 1 aliphatic heterocycles. The van der Waals surface area contributed by atoms with Gasteiger partial charge in [0, 0.05) is 17.2 Å². The van der Waals surface area contributed by atoms with Gasteiger partial charge in [-0.3, -0.25) is 20.4 Å². The fourth-order valence-electron chi connectivity index (χ4n) is 3.28. The van der Waals surface area contributed by atoms with Crippen molar-refractivity contribution >= 4 is 31.7 Å². The van der Waals surface area contributed by atoms with Crippen LogP contribution >= 0.6 is 0 Å². The van der Waals surface area contributed by atoms with Crippen LogP contribution in [0.25, 0.3) is 0 Å². The molecule has 2 aromatic rings. The number of carbonyl (C=O) groups excluding carboxylic acids is 2. The summed E-state index contributed by atoms with van der Waals surface area (Å²) in [7, 11) is -7.14. The summed E-state index contributed by atoms with van der Waals surface area (Å²) in [6, 6.07) is 9.73. The summed E-state index contributed by atoms with van der Waals surface area (Å²) < 4.78 is 50.3. The van der Waals surface area contributed by atoms with Crippen LogP contribution in [0, 0.1) is 13.8 Å². The molecule has 0 bridgehead atoms. The first-order chi connectivity index (χ1) is 14.5. The predicted octanol–water partition coefficient (Wildman–Crippen LogP) is 0.844. The molecule has 3 N–H and O–H groups in total. The van der Waals surface area contributed by atoms with Crippen LogP contribution in [-0.2, 0) is 19.9 Å². The van der Waals surface area contributed by atoms with Crippen molar-refractivity contribution in [3.8, 4) is 0 Å². The SMILES string of the molecule is Cc1ccc(C(=O)NNC(=O)c2ccc(S(=O)(=O)NC3CCS(=O)(=O)C3)cc2)c(C)c1. The van der Waals surface area contributed by atoms with Gasteiger partial charge in [0.2, 0.25) is 10.0 Å². The zero-order valence-electron chi connectivity index (χ0n) is 17.0. The third kappa shape index (κ3) is 5.69. The number of sulfonamides is 1. The zero-order chi connectivity index (χ0) is 22.8. The Hall–Kier alpha value is -2.76. The summed E-state index contributed by atoms with van der Waals surface area (Å²) in [6.07, 6.45) is 0.224. The van der Waals surface area contributed by atoms with E-state index in [0.717, 1.165) is 11.1 Å². The molecule has 0 spiro atoms. The Bertz CT molecular complexity index is 1220. The molecule has 1 heterocycles. The lowest BCUT2D eigenvalue weighted by atomic mass is 10.1. The van der Waals surface area contributed by atoms with Crippen LogP contribution in [0.3, 0.4) is 0 Å². The standard InChI is InChI=1S/C20H23N3O6S2/c1-13-3-8-18(14(2)11-13)20(25)22-21-19(24)15-4-6-17(7-5-15)31(28,29)23-16-9-10-30(26,27)12-16/h3-8,11,16,23H,9-10,12H2,1-2H3,(H,21,24)(H,22,25). The summed E-state index contributed by atoms with van der Waals surface area (Å²) in [5, 5.41) is 0. The van der Waals surface area contributed by atoms with E-state index in [1.807, 2.05) is 13.0 Å². The van der Waals surface area contributed by atoms with Crippen LogP contribution < -0.4 is 15.6 Å². The van der Waals surface area contributed by atoms with Crippen LogP contribution in [0.15, 0.2) is 47.4 Å². The van der Waals surface area contributed by atoms with Gasteiger partial charge in [0.05, 0.1) is 16.4 Å². The van der Waals surface area contributed by atoms with E-state index >= 15 is 0 Å². The Morgan fingerprint density at radius 1 is 0.968 bits per heavy atom. The third-order valence-corrected chi connectivity index (χ3v) is 8.20. The lowest BCUT2D eigenvalue weighted by Gasteiger charge is -2.12. The van der Waals surface area contributed by atoms with Crippen LogP contribution in [-0.4, -0.2) is 46.2 Å². The minimum absolute atomic E-state index is 0.0485. The number of rotatable bonds is 5. The van der Waals surface area contributed by atoms with E-state index in [9.17, 15) is 26.4 Å². The van der Waals surface area contributed by atoms with Crippen molar-refractivity contribution in [2.45, 2.75) is 31.2 Å². The molecule has 1 saturated heterocycles. The van der Waals surface area contributed by atoms with Crippen LogP contribution in [0.5, 0.6) is 0 Å². The van der Waals surface area contributed by atoms with E-state index < -0.39 is 37.7 Å². The third-order valence-electron chi connectivity index (χ3n) is 4.90. The molecule has 2 amide bonds. The molecular formula is C20H23N3O6S2. The van der Waals surface area contributed by atoms with Gasteiger partial charge in [-0.1, -0.05) is 17.7 Å². The van der Waals surface area contributed by atoms with Crippen molar-refractivity contribution in [3.63, 3.8) is 0 Å². The predicted molar refractivity (Wildman–Crippen MR) is 115 cm³/mol. The van der Waals surface area contributed by atoms with Crippen LogP contribution in [0.1, 0.15) is 38.3 Å². The van der Waals surface area contributed by atoms with E-state index in [0.29, 0.717) is 5.56 Å². The van der Waals surface area contributed by atoms with E-state index in [4.69, 9.17) is 0 Å². The highest BCUT2D eigenvalue weighted by atomic mass is 32.2. The molecule has 1 aliphatic rings. The number of benzene rings is 2. The monoisotopic (exact) mass is 465 g/mol. The van der Waals surface area contributed by atoms with Gasteiger partial charge in [-0.05, 0) is 56.2 Å². The van der Waals surface area contributed by atoms with Crippen molar-refractivity contribution in [1.29, 1.82) is 0 Å². The summed E-state index contributed by atoms with van der Waals surface area (Å²) in [5.74, 6) is -1.36. The molecular weight excluding hydrogens is 442 g/mol. The maximum Gasteiger partial charge on any atom is 0.269 e. The molecule has 3 rings (SSSR count). The van der Waals surface area contributed by atoms with E-state index in [2.05, 4.69) is 15.6 Å². The molecule has 166 valence electrons. The fraction of sp³-hybridized carbons (Fsp3) is 0.300. The van der Waals surface area contributed by atoms with Crippen molar-refractivity contribution in [2.75, 3.05) is 11.5 Å². The van der Waals surface area contributed by atoms with Gasteiger partial charge in [-0.25, -0.2) is 21.6 Å². The maximum atomic E-state index is 12.4. The topological polar surface area (TPSA) is 139 Å². The average molecular weight is 466 g/mol. The van der Waals surface area contributed by atoms with Crippen molar-refractivity contribution < 1.29 is 26.4 Å². The Morgan fingerprint density at radius 3 is 2.19 bits per heavy atom. The van der Waals surface area contributed by atoms with Crippen molar-refractivity contribution in [1.82, 2.24) is 15.6 Å². The normalized spacial score (nSPS) is 17.8. The van der Waals surface area contributed by atoms with Gasteiger partial charge in [-0.15, -0.1) is 0 Å². The van der Waals surface area contributed by atoms with Gasteiger partial charge in [-0.2, -0.15) is 0 Å². The zero-order valence-corrected chi connectivity index (χ0v) is 18.6. The van der Waals surface area contributed by atoms with E-state index in [-0.39, 0.29) is 28.4 Å². The van der Waals surface area contributed by atoms with Crippen molar-refractivity contribution in [2.24, 2.45) is 0 Å². The summed E-state index contributed by atoms with van der Waals surface area (Å²) in [4.78, 5) is 24.4. The van der Waals surface area contributed by atoms with Crippen molar-refractivity contribution in [3.05, 3.63) is 64.7 Å². The minimum Gasteiger partial charge on any atom is -0.267 e. The molecule has 2 aromatic carbocycles. The van der Waals surface area contributed by atoms with E-state index in [1.165, 1.54) is 24.3 Å². The van der Waals surface area contributed by atoms with Gasteiger partial charge < -0.3 is 0 Å². The molecule has 0 aliphatic carbocycles. The average Bonchev–Trinajstić information content (AvgIpc) is 3.03. The molecule has 1 atom stereocenters. The van der Waals surface area contributed by atoms with Gasteiger partial charge in [0.15, 0.2) is 9.84 Å². The summed E-state index contributed by atoms with van der Waals surface area (Å²) in [5.41, 5.74) is 6.97. The molecule has 1 fully saturated rings. The smallest absolute Gasteiger partial charge is 0.267 e. The quantitative estimate of drug-likeness (QED) is 0.560. The first-order valence-electron chi connectivity index (χ1n) is 9.48. The molecule has 1 unspecified atom stereocenters. The van der Waals surface area contributed by atoms with Gasteiger partial charge >= 0.3 is 0 Å². The minimum atomic E-state index is -3.92. The highest BCUT2D eigenvalue weighted by molar-refractivity contribution is 7.92. The summed E-state index contributed by atoms with van der Waals surface area (Å²) >= 11 is 0. The second-order valence-electron chi connectivity index (χ2n) is 7.47. The number of aryl methyl sites for hydroxylation is 2. The second kappa shape index (κ2) is 8.77. The van der Waals surface area contributed by atoms with E-state index in [1.54, 1.807) is 19.1 Å². The molecule has 0 aromatic heterocycles. The van der Waals surface area contributed by atoms with Gasteiger partial charge in [0.25, 0.3) is 11.8 Å². The Balaban J connectivity index is 1.61. The number of nitrogens with one attached hydrogen (secondary N) is 3. The second-order valence-corrected chi connectivity index (χ2v) is 11.4. The maximum absolute atomic E-state index is 12.4. The Labute approximate surface area is 181 Å². The van der Waals surface area contributed by atoms with Gasteiger partial charge in [0.1, 0.15) is 0 Å². The number of hydrogen-bond donors (Lipinski definition) is 3. The molecule has 0 radical (unpaired) electrons. The fourth-order valence-corrected chi connectivity index (χ4v) is 6.33. The number of carbonyl (C=O) groups is 2. The number of hydrazine groups is 1. The molecule has 11 heteroatoms.